The van der Waals surface area contributed by atoms with Gasteiger partial charge in [0.1, 0.15) is 0 Å². The van der Waals surface area contributed by atoms with Crippen LogP contribution in [0.2, 0.25) is 0 Å². The van der Waals surface area contributed by atoms with Gasteiger partial charge in [-0.3, -0.25) is 0 Å². The van der Waals surface area contributed by atoms with E-state index < -0.39 is 0 Å². The first-order valence-corrected chi connectivity index (χ1v) is 6.51. The van der Waals surface area contributed by atoms with E-state index in [0.29, 0.717) is 12.0 Å². The minimum atomic E-state index is 0.112. The van der Waals surface area contributed by atoms with Crippen LogP contribution < -0.4 is 5.73 Å². The molecule has 2 N–H and O–H groups in total. The molecule has 14 heavy (non-hydrogen) atoms. The quantitative estimate of drug-likeness (QED) is 0.901. The Balaban J connectivity index is 2.09. The van der Waals surface area contributed by atoms with Gasteiger partial charge in [-0.25, -0.2) is 0 Å². The molecule has 2 rings (SSSR count). The van der Waals surface area contributed by atoms with Gasteiger partial charge >= 0.3 is 0 Å². The van der Waals surface area contributed by atoms with Gasteiger partial charge in [-0.2, -0.15) is 11.3 Å². The second kappa shape index (κ2) is 4.31. The third-order valence-corrected chi connectivity index (χ3v) is 4.49. The molecule has 0 bridgehead atoms. The van der Waals surface area contributed by atoms with Crippen molar-refractivity contribution in [2.75, 3.05) is 6.61 Å². The standard InChI is InChI=1S/C10H14BrNOS/c1-6-2-7(3-13-6)10(12)8-4-14-5-9(8)11/h4-7,10H,2-3,12H2,1H3. The Morgan fingerprint density at radius 1 is 1.64 bits per heavy atom. The summed E-state index contributed by atoms with van der Waals surface area (Å²) in [6.45, 7) is 2.90. The summed E-state index contributed by atoms with van der Waals surface area (Å²) in [6, 6.07) is 0.112. The Morgan fingerprint density at radius 2 is 2.43 bits per heavy atom. The predicted molar refractivity (Wildman–Crippen MR) is 62.5 cm³/mol. The first-order valence-electron chi connectivity index (χ1n) is 4.77. The van der Waals surface area contributed by atoms with E-state index in [-0.39, 0.29) is 6.04 Å². The second-order valence-electron chi connectivity index (χ2n) is 3.84. The molecule has 1 aromatic heterocycles. The van der Waals surface area contributed by atoms with E-state index in [1.165, 1.54) is 5.56 Å². The lowest BCUT2D eigenvalue weighted by molar-refractivity contribution is 0.118. The molecule has 3 unspecified atom stereocenters. The van der Waals surface area contributed by atoms with Crippen LogP contribution in [0.3, 0.4) is 0 Å². The molecule has 0 saturated carbocycles. The zero-order valence-electron chi connectivity index (χ0n) is 8.07. The minimum Gasteiger partial charge on any atom is -0.378 e. The van der Waals surface area contributed by atoms with Crippen molar-refractivity contribution in [1.29, 1.82) is 0 Å². The van der Waals surface area contributed by atoms with Crippen LogP contribution in [0, 0.1) is 5.92 Å². The zero-order valence-corrected chi connectivity index (χ0v) is 10.5. The maximum atomic E-state index is 6.20. The number of hydrogen-bond acceptors (Lipinski definition) is 3. The van der Waals surface area contributed by atoms with Crippen LogP contribution in [-0.4, -0.2) is 12.7 Å². The molecule has 3 atom stereocenters. The summed E-state index contributed by atoms with van der Waals surface area (Å²) in [5.74, 6) is 0.468. The summed E-state index contributed by atoms with van der Waals surface area (Å²) < 4.78 is 6.67. The lowest BCUT2D eigenvalue weighted by Gasteiger charge is -2.17. The van der Waals surface area contributed by atoms with Crippen LogP contribution in [0.15, 0.2) is 15.2 Å². The molecular weight excluding hydrogens is 262 g/mol. The molecular formula is C10H14BrNOS. The van der Waals surface area contributed by atoms with Crippen molar-refractivity contribution in [3.8, 4) is 0 Å². The third kappa shape index (κ3) is 2.03. The fourth-order valence-electron chi connectivity index (χ4n) is 1.88. The number of thiophene rings is 1. The molecule has 1 fully saturated rings. The smallest absolute Gasteiger partial charge is 0.0551 e. The first-order chi connectivity index (χ1) is 6.68. The zero-order chi connectivity index (χ0) is 10.1. The molecule has 2 heterocycles. The van der Waals surface area contributed by atoms with Gasteiger partial charge in [0.25, 0.3) is 0 Å². The highest BCUT2D eigenvalue weighted by atomic mass is 79.9. The van der Waals surface area contributed by atoms with Gasteiger partial charge in [-0.15, -0.1) is 0 Å². The van der Waals surface area contributed by atoms with Crippen molar-refractivity contribution >= 4 is 27.3 Å². The van der Waals surface area contributed by atoms with Crippen LogP contribution in [0.4, 0.5) is 0 Å². The van der Waals surface area contributed by atoms with E-state index in [1.807, 2.05) is 0 Å². The Kier molecular flexibility index (Phi) is 3.27. The van der Waals surface area contributed by atoms with Crippen LogP contribution in [0.25, 0.3) is 0 Å². The van der Waals surface area contributed by atoms with Gasteiger partial charge in [-0.1, -0.05) is 0 Å². The van der Waals surface area contributed by atoms with Crippen molar-refractivity contribution < 1.29 is 4.74 Å². The molecule has 0 amide bonds. The summed E-state index contributed by atoms with van der Waals surface area (Å²) in [5, 5.41) is 4.20. The fourth-order valence-corrected chi connectivity index (χ4v) is 3.49. The van der Waals surface area contributed by atoms with Gasteiger partial charge in [0, 0.05) is 21.8 Å². The summed E-state index contributed by atoms with van der Waals surface area (Å²) in [4.78, 5) is 0. The number of halogens is 1. The molecule has 1 aromatic rings. The first kappa shape index (κ1) is 10.6. The predicted octanol–water partition coefficient (Wildman–Crippen LogP) is 2.94. The highest BCUT2D eigenvalue weighted by Crippen LogP contribution is 2.34. The van der Waals surface area contributed by atoms with Crippen LogP contribution >= 0.6 is 27.3 Å². The van der Waals surface area contributed by atoms with Crippen molar-refractivity contribution in [3.05, 3.63) is 20.8 Å². The van der Waals surface area contributed by atoms with Crippen LogP contribution in [0.5, 0.6) is 0 Å². The van der Waals surface area contributed by atoms with Gasteiger partial charge in [0.2, 0.25) is 0 Å². The van der Waals surface area contributed by atoms with E-state index in [0.717, 1.165) is 17.5 Å². The number of rotatable bonds is 2. The molecule has 2 nitrogen and oxygen atoms in total. The Labute approximate surface area is 96.6 Å². The summed E-state index contributed by atoms with van der Waals surface area (Å²) in [7, 11) is 0. The monoisotopic (exact) mass is 275 g/mol. The molecule has 1 aliphatic heterocycles. The third-order valence-electron chi connectivity index (χ3n) is 2.74. The minimum absolute atomic E-state index is 0.112. The number of hydrogen-bond donors (Lipinski definition) is 1. The molecule has 78 valence electrons. The van der Waals surface area contributed by atoms with Gasteiger partial charge in [-0.05, 0) is 40.2 Å². The number of nitrogens with two attached hydrogens (primary N) is 1. The fraction of sp³-hybridized carbons (Fsp3) is 0.600. The highest BCUT2D eigenvalue weighted by Gasteiger charge is 2.29. The number of ether oxygens (including phenoxy) is 1. The van der Waals surface area contributed by atoms with Crippen molar-refractivity contribution in [3.63, 3.8) is 0 Å². The average molecular weight is 276 g/mol. The topological polar surface area (TPSA) is 35.2 Å². The molecule has 1 saturated heterocycles. The van der Waals surface area contributed by atoms with E-state index in [2.05, 4.69) is 33.6 Å². The maximum absolute atomic E-state index is 6.20. The van der Waals surface area contributed by atoms with Crippen molar-refractivity contribution in [2.45, 2.75) is 25.5 Å². The molecule has 0 spiro atoms. The summed E-state index contributed by atoms with van der Waals surface area (Å²) >= 11 is 5.21. The van der Waals surface area contributed by atoms with E-state index in [4.69, 9.17) is 10.5 Å². The van der Waals surface area contributed by atoms with E-state index in [9.17, 15) is 0 Å². The van der Waals surface area contributed by atoms with Gasteiger partial charge < -0.3 is 10.5 Å². The van der Waals surface area contributed by atoms with Crippen LogP contribution in [-0.2, 0) is 4.74 Å². The largest absolute Gasteiger partial charge is 0.378 e. The average Bonchev–Trinajstić information content (AvgIpc) is 2.73. The molecule has 0 radical (unpaired) electrons. The Hall–Kier alpha value is 0.1000. The normalized spacial score (nSPS) is 29.4. The van der Waals surface area contributed by atoms with E-state index in [1.54, 1.807) is 11.3 Å². The molecule has 0 aliphatic carbocycles. The highest BCUT2D eigenvalue weighted by molar-refractivity contribution is 9.10. The Bertz CT molecular complexity index is 315. The SMILES string of the molecule is CC1CC(C(N)c2cscc2Br)CO1. The maximum Gasteiger partial charge on any atom is 0.0551 e. The molecule has 4 heteroatoms. The molecule has 0 aromatic carbocycles. The van der Waals surface area contributed by atoms with Crippen molar-refractivity contribution in [1.82, 2.24) is 0 Å². The lowest BCUT2D eigenvalue weighted by Crippen LogP contribution is -2.21. The van der Waals surface area contributed by atoms with Gasteiger partial charge in [0.05, 0.1) is 12.7 Å². The van der Waals surface area contributed by atoms with Gasteiger partial charge in [0.15, 0.2) is 0 Å². The summed E-state index contributed by atoms with van der Waals surface area (Å²) in [5.41, 5.74) is 7.42. The Morgan fingerprint density at radius 3 is 2.93 bits per heavy atom. The van der Waals surface area contributed by atoms with Crippen molar-refractivity contribution in [2.24, 2.45) is 11.7 Å². The summed E-state index contributed by atoms with van der Waals surface area (Å²) in [6.07, 6.45) is 1.44. The lowest BCUT2D eigenvalue weighted by atomic mass is 9.93. The van der Waals surface area contributed by atoms with Crippen LogP contribution in [0.1, 0.15) is 24.9 Å². The van der Waals surface area contributed by atoms with E-state index >= 15 is 0 Å². The second-order valence-corrected chi connectivity index (χ2v) is 5.44. The molecule has 1 aliphatic rings.